The van der Waals surface area contributed by atoms with E-state index in [1.807, 2.05) is 18.2 Å². The average Bonchev–Trinajstić information content (AvgIpc) is 2.23. The smallest absolute Gasteiger partial charge is 0.0371 e. The summed E-state index contributed by atoms with van der Waals surface area (Å²) in [7, 11) is 0. The van der Waals surface area contributed by atoms with Crippen LogP contribution in [0.25, 0.3) is 0 Å². The van der Waals surface area contributed by atoms with Crippen LogP contribution < -0.4 is 5.73 Å². The molecule has 2 nitrogen and oxygen atoms in total. The zero-order valence-electron chi connectivity index (χ0n) is 9.75. The number of benzene rings is 1. The molecule has 1 rings (SSSR count). The topological polar surface area (TPSA) is 29.3 Å². The Morgan fingerprint density at radius 3 is 2.81 bits per heavy atom. The first-order valence-electron chi connectivity index (χ1n) is 5.54. The van der Waals surface area contributed by atoms with E-state index in [0.29, 0.717) is 0 Å². The molecule has 0 amide bonds. The summed E-state index contributed by atoms with van der Waals surface area (Å²) in [5.74, 6) is 0. The second-order valence-electron chi connectivity index (χ2n) is 3.87. The highest BCUT2D eigenvalue weighted by Gasteiger charge is 2.06. The Morgan fingerprint density at radius 1 is 1.50 bits per heavy atom. The Kier molecular flexibility index (Phi) is 5.56. The fraction of sp³-hybridized carbons (Fsp3) is 0.385. The van der Waals surface area contributed by atoms with E-state index in [1.54, 1.807) is 0 Å². The molecule has 0 saturated carbocycles. The van der Waals surface area contributed by atoms with Crippen LogP contribution in [0.4, 0.5) is 5.69 Å². The maximum absolute atomic E-state index is 5.98. The maximum atomic E-state index is 5.98. The van der Waals surface area contributed by atoms with Gasteiger partial charge in [-0.2, -0.15) is 0 Å². The Hall–Kier alpha value is -0.800. The lowest BCUT2D eigenvalue weighted by Crippen LogP contribution is -2.24. The minimum Gasteiger partial charge on any atom is -0.398 e. The Balaban J connectivity index is 2.72. The normalized spacial score (nSPS) is 10.7. The van der Waals surface area contributed by atoms with Crippen LogP contribution in [0.2, 0.25) is 0 Å². The van der Waals surface area contributed by atoms with Crippen LogP contribution in [0.1, 0.15) is 18.9 Å². The number of rotatable bonds is 6. The van der Waals surface area contributed by atoms with Gasteiger partial charge >= 0.3 is 0 Å². The summed E-state index contributed by atoms with van der Waals surface area (Å²) in [4.78, 5) is 2.34. The molecule has 0 aliphatic heterocycles. The van der Waals surface area contributed by atoms with Crippen molar-refractivity contribution in [2.24, 2.45) is 0 Å². The summed E-state index contributed by atoms with van der Waals surface area (Å²) in [6.45, 7) is 8.83. The Labute approximate surface area is 106 Å². The third-order valence-electron chi connectivity index (χ3n) is 2.43. The first-order valence-corrected chi connectivity index (χ1v) is 6.33. The van der Waals surface area contributed by atoms with E-state index in [4.69, 9.17) is 5.73 Å². The molecule has 16 heavy (non-hydrogen) atoms. The fourth-order valence-corrected chi connectivity index (χ4v) is 2.06. The highest BCUT2D eigenvalue weighted by molar-refractivity contribution is 9.10. The predicted octanol–water partition coefficient (Wildman–Crippen LogP) is 3.43. The summed E-state index contributed by atoms with van der Waals surface area (Å²) < 4.78 is 1.03. The third kappa shape index (κ3) is 3.99. The van der Waals surface area contributed by atoms with Gasteiger partial charge in [-0.3, -0.25) is 4.90 Å². The number of anilines is 1. The summed E-state index contributed by atoms with van der Waals surface area (Å²) in [5, 5.41) is 0. The Morgan fingerprint density at radius 2 is 2.25 bits per heavy atom. The molecular weight excluding hydrogens is 264 g/mol. The van der Waals surface area contributed by atoms with E-state index in [1.165, 1.54) is 5.56 Å². The van der Waals surface area contributed by atoms with Gasteiger partial charge < -0.3 is 5.73 Å². The molecule has 0 spiro atoms. The van der Waals surface area contributed by atoms with E-state index in [0.717, 1.165) is 36.2 Å². The molecule has 1 aromatic rings. The van der Waals surface area contributed by atoms with Gasteiger partial charge in [0.25, 0.3) is 0 Å². The zero-order valence-corrected chi connectivity index (χ0v) is 11.3. The van der Waals surface area contributed by atoms with Gasteiger partial charge in [-0.15, -0.1) is 6.58 Å². The van der Waals surface area contributed by atoms with Gasteiger partial charge in [-0.05, 0) is 30.7 Å². The minimum absolute atomic E-state index is 0.847. The van der Waals surface area contributed by atoms with Crippen LogP contribution in [-0.2, 0) is 6.54 Å². The highest BCUT2D eigenvalue weighted by Crippen LogP contribution is 2.20. The standard InChI is InChI=1S/C13H19BrN2/c1-3-7-16(8-4-2)10-11-5-6-12(14)9-13(11)15/h3,5-6,9H,1,4,7-8,10,15H2,2H3. The molecule has 0 aromatic heterocycles. The quantitative estimate of drug-likeness (QED) is 0.640. The van der Waals surface area contributed by atoms with Gasteiger partial charge in [0.1, 0.15) is 0 Å². The number of hydrogen-bond acceptors (Lipinski definition) is 2. The van der Waals surface area contributed by atoms with Crippen LogP contribution in [0.5, 0.6) is 0 Å². The maximum Gasteiger partial charge on any atom is 0.0371 e. The number of nitrogens with zero attached hydrogens (tertiary/aromatic N) is 1. The van der Waals surface area contributed by atoms with Crippen LogP contribution in [0.3, 0.4) is 0 Å². The summed E-state index contributed by atoms with van der Waals surface area (Å²) in [6.07, 6.45) is 3.08. The summed E-state index contributed by atoms with van der Waals surface area (Å²) in [5.41, 5.74) is 8.01. The lowest BCUT2D eigenvalue weighted by atomic mass is 10.1. The number of nitrogen functional groups attached to an aromatic ring is 1. The number of hydrogen-bond donors (Lipinski definition) is 1. The highest BCUT2D eigenvalue weighted by atomic mass is 79.9. The second kappa shape index (κ2) is 6.71. The fourth-order valence-electron chi connectivity index (χ4n) is 1.68. The van der Waals surface area contributed by atoms with E-state index < -0.39 is 0 Å². The van der Waals surface area contributed by atoms with Gasteiger partial charge in [-0.25, -0.2) is 0 Å². The van der Waals surface area contributed by atoms with Crippen molar-refractivity contribution in [3.05, 3.63) is 40.9 Å². The molecule has 2 N–H and O–H groups in total. The summed E-state index contributed by atoms with van der Waals surface area (Å²) >= 11 is 3.41. The van der Waals surface area contributed by atoms with Crippen molar-refractivity contribution in [3.63, 3.8) is 0 Å². The van der Waals surface area contributed by atoms with Gasteiger partial charge in [0.15, 0.2) is 0 Å². The molecule has 1 aromatic carbocycles. The van der Waals surface area contributed by atoms with Crippen LogP contribution >= 0.6 is 15.9 Å². The van der Waals surface area contributed by atoms with Crippen LogP contribution in [0.15, 0.2) is 35.3 Å². The third-order valence-corrected chi connectivity index (χ3v) is 2.92. The van der Waals surface area contributed by atoms with E-state index in [9.17, 15) is 0 Å². The lowest BCUT2D eigenvalue weighted by Gasteiger charge is -2.20. The molecule has 0 fully saturated rings. The molecule has 0 radical (unpaired) electrons. The second-order valence-corrected chi connectivity index (χ2v) is 4.78. The largest absolute Gasteiger partial charge is 0.398 e. The molecule has 0 aliphatic rings. The van der Waals surface area contributed by atoms with Gasteiger partial charge in [0.2, 0.25) is 0 Å². The average molecular weight is 283 g/mol. The monoisotopic (exact) mass is 282 g/mol. The molecule has 0 heterocycles. The van der Waals surface area contributed by atoms with Gasteiger partial charge in [0.05, 0.1) is 0 Å². The zero-order chi connectivity index (χ0) is 12.0. The van der Waals surface area contributed by atoms with Gasteiger partial charge in [0, 0.05) is 23.2 Å². The van der Waals surface area contributed by atoms with Gasteiger partial charge in [-0.1, -0.05) is 35.0 Å². The first-order chi connectivity index (χ1) is 7.67. The first kappa shape index (κ1) is 13.3. The summed E-state index contributed by atoms with van der Waals surface area (Å²) in [6, 6.07) is 6.06. The van der Waals surface area contributed by atoms with Crippen LogP contribution in [0, 0.1) is 0 Å². The molecule has 0 unspecified atom stereocenters. The van der Waals surface area contributed by atoms with Crippen molar-refractivity contribution in [1.82, 2.24) is 4.90 Å². The van der Waals surface area contributed by atoms with Crippen molar-refractivity contribution in [2.75, 3.05) is 18.8 Å². The molecule has 0 saturated heterocycles. The molecule has 3 heteroatoms. The molecular formula is C13H19BrN2. The Bertz CT molecular complexity index is 350. The lowest BCUT2D eigenvalue weighted by molar-refractivity contribution is 0.296. The SMILES string of the molecule is C=CCN(CCC)Cc1ccc(Br)cc1N. The molecule has 0 atom stereocenters. The van der Waals surface area contributed by atoms with Crippen molar-refractivity contribution < 1.29 is 0 Å². The van der Waals surface area contributed by atoms with Crippen LogP contribution in [-0.4, -0.2) is 18.0 Å². The predicted molar refractivity (Wildman–Crippen MR) is 74.3 cm³/mol. The van der Waals surface area contributed by atoms with E-state index in [2.05, 4.69) is 40.4 Å². The van der Waals surface area contributed by atoms with Crippen molar-refractivity contribution in [2.45, 2.75) is 19.9 Å². The van der Waals surface area contributed by atoms with E-state index >= 15 is 0 Å². The van der Waals surface area contributed by atoms with Crippen molar-refractivity contribution in [1.29, 1.82) is 0 Å². The minimum atomic E-state index is 0.847. The number of halogens is 1. The van der Waals surface area contributed by atoms with Crippen molar-refractivity contribution in [3.8, 4) is 0 Å². The molecule has 0 bridgehead atoms. The van der Waals surface area contributed by atoms with Crippen molar-refractivity contribution >= 4 is 21.6 Å². The number of nitrogens with two attached hydrogens (primary N) is 1. The molecule has 0 aliphatic carbocycles. The van der Waals surface area contributed by atoms with E-state index in [-0.39, 0.29) is 0 Å². The molecule has 88 valence electrons.